The average molecular weight is 180 g/mol. The van der Waals surface area contributed by atoms with E-state index in [0.717, 1.165) is 12.1 Å². The van der Waals surface area contributed by atoms with Gasteiger partial charge in [0.25, 0.3) is 0 Å². The molecule has 3 N–H and O–H groups in total. The summed E-state index contributed by atoms with van der Waals surface area (Å²) in [5.41, 5.74) is 5.86. The number of rotatable bonds is 2. The van der Waals surface area contributed by atoms with Gasteiger partial charge in [-0.25, -0.2) is 0 Å². The molecule has 0 aromatic rings. The lowest BCUT2D eigenvalue weighted by Crippen LogP contribution is -2.41. The van der Waals surface area contributed by atoms with Crippen molar-refractivity contribution in [2.24, 2.45) is 5.73 Å². The number of nitrogens with two attached hydrogens (primary N) is 1. The topological polar surface area (TPSA) is 38.0 Å². The van der Waals surface area contributed by atoms with Gasteiger partial charge in [-0.1, -0.05) is 12.2 Å². The molecule has 74 valence electrons. The van der Waals surface area contributed by atoms with E-state index in [1.165, 1.54) is 38.5 Å². The van der Waals surface area contributed by atoms with Gasteiger partial charge in [-0.3, -0.25) is 0 Å². The van der Waals surface area contributed by atoms with Gasteiger partial charge in [0.15, 0.2) is 0 Å². The normalized spacial score (nSPS) is 35.5. The minimum Gasteiger partial charge on any atom is -0.328 e. The first-order valence-corrected chi connectivity index (χ1v) is 5.51. The van der Waals surface area contributed by atoms with Crippen molar-refractivity contribution in [3.63, 3.8) is 0 Å². The van der Waals surface area contributed by atoms with Crippen molar-refractivity contribution in [2.75, 3.05) is 0 Å². The molecule has 0 aromatic heterocycles. The van der Waals surface area contributed by atoms with Gasteiger partial charge in [0.1, 0.15) is 0 Å². The molecule has 2 rings (SSSR count). The third-order valence-corrected chi connectivity index (χ3v) is 3.25. The van der Waals surface area contributed by atoms with E-state index >= 15 is 0 Å². The molecule has 0 spiro atoms. The maximum atomic E-state index is 5.86. The maximum absolute atomic E-state index is 5.86. The van der Waals surface area contributed by atoms with Crippen molar-refractivity contribution < 1.29 is 0 Å². The lowest BCUT2D eigenvalue weighted by atomic mass is 9.91. The Morgan fingerprint density at radius 1 is 0.923 bits per heavy atom. The fourth-order valence-electron chi connectivity index (χ4n) is 2.37. The minimum absolute atomic E-state index is 0.472. The standard InChI is InChI=1S/C11H20N2/c12-9-5-7-11(8-6-9)13-10-3-1-2-4-10/h1-2,9-11,13H,3-8,12H2. The first-order valence-electron chi connectivity index (χ1n) is 5.51. The zero-order chi connectivity index (χ0) is 9.10. The van der Waals surface area contributed by atoms with Crippen LogP contribution in [0.1, 0.15) is 38.5 Å². The quantitative estimate of drug-likeness (QED) is 0.633. The zero-order valence-corrected chi connectivity index (χ0v) is 8.21. The second-order valence-electron chi connectivity index (χ2n) is 4.42. The predicted molar refractivity (Wildman–Crippen MR) is 55.5 cm³/mol. The van der Waals surface area contributed by atoms with Crippen LogP contribution in [0.3, 0.4) is 0 Å². The van der Waals surface area contributed by atoms with E-state index in [4.69, 9.17) is 5.73 Å². The van der Waals surface area contributed by atoms with Crippen molar-refractivity contribution in [1.82, 2.24) is 5.32 Å². The first kappa shape index (κ1) is 9.22. The summed E-state index contributed by atoms with van der Waals surface area (Å²) in [5, 5.41) is 3.72. The van der Waals surface area contributed by atoms with Gasteiger partial charge in [0, 0.05) is 18.1 Å². The molecule has 2 aliphatic carbocycles. The van der Waals surface area contributed by atoms with Crippen molar-refractivity contribution in [1.29, 1.82) is 0 Å². The number of hydrogen-bond donors (Lipinski definition) is 2. The van der Waals surface area contributed by atoms with Crippen LogP contribution in [0.25, 0.3) is 0 Å². The van der Waals surface area contributed by atoms with Crippen LogP contribution >= 0.6 is 0 Å². The summed E-state index contributed by atoms with van der Waals surface area (Å²) in [5.74, 6) is 0. The Morgan fingerprint density at radius 2 is 1.54 bits per heavy atom. The monoisotopic (exact) mass is 180 g/mol. The smallest absolute Gasteiger partial charge is 0.0139 e. The van der Waals surface area contributed by atoms with Crippen molar-refractivity contribution in [3.05, 3.63) is 12.2 Å². The largest absolute Gasteiger partial charge is 0.328 e. The number of nitrogens with one attached hydrogen (secondary N) is 1. The molecule has 0 bridgehead atoms. The molecule has 1 fully saturated rings. The Kier molecular flexibility index (Phi) is 3.01. The van der Waals surface area contributed by atoms with E-state index < -0.39 is 0 Å². The van der Waals surface area contributed by atoms with Crippen molar-refractivity contribution in [3.8, 4) is 0 Å². The lowest BCUT2D eigenvalue weighted by molar-refractivity contribution is 0.317. The molecule has 1 saturated carbocycles. The van der Waals surface area contributed by atoms with Gasteiger partial charge in [-0.15, -0.1) is 0 Å². The van der Waals surface area contributed by atoms with Gasteiger partial charge in [0.05, 0.1) is 0 Å². The Bertz CT molecular complexity index is 173. The summed E-state index contributed by atoms with van der Waals surface area (Å²) >= 11 is 0. The average Bonchev–Trinajstić information content (AvgIpc) is 2.62. The molecule has 0 radical (unpaired) electrons. The SMILES string of the molecule is NC1CCC(NC2CC=CC2)CC1. The fraction of sp³-hybridized carbons (Fsp3) is 0.818. The molecular weight excluding hydrogens is 160 g/mol. The number of hydrogen-bond acceptors (Lipinski definition) is 2. The third kappa shape index (κ3) is 2.55. The summed E-state index contributed by atoms with van der Waals surface area (Å²) < 4.78 is 0. The Balaban J connectivity index is 1.70. The summed E-state index contributed by atoms with van der Waals surface area (Å²) in [6, 6.07) is 1.93. The van der Waals surface area contributed by atoms with E-state index in [-0.39, 0.29) is 0 Å². The highest BCUT2D eigenvalue weighted by Gasteiger charge is 2.21. The van der Waals surface area contributed by atoms with Crippen molar-refractivity contribution in [2.45, 2.75) is 56.7 Å². The molecule has 0 atom stereocenters. The van der Waals surface area contributed by atoms with Crippen LogP contribution in [0, 0.1) is 0 Å². The van der Waals surface area contributed by atoms with E-state index in [2.05, 4.69) is 17.5 Å². The van der Waals surface area contributed by atoms with E-state index in [1.807, 2.05) is 0 Å². The highest BCUT2D eigenvalue weighted by Crippen LogP contribution is 2.19. The maximum Gasteiger partial charge on any atom is 0.0139 e. The van der Waals surface area contributed by atoms with E-state index in [1.54, 1.807) is 0 Å². The summed E-state index contributed by atoms with van der Waals surface area (Å²) in [6.45, 7) is 0. The Labute approximate surface area is 80.6 Å². The Morgan fingerprint density at radius 3 is 2.15 bits per heavy atom. The molecule has 0 aliphatic heterocycles. The van der Waals surface area contributed by atoms with E-state index in [9.17, 15) is 0 Å². The fourth-order valence-corrected chi connectivity index (χ4v) is 2.37. The highest BCUT2D eigenvalue weighted by atomic mass is 15.0. The first-order chi connectivity index (χ1) is 6.34. The van der Waals surface area contributed by atoms with Gasteiger partial charge < -0.3 is 11.1 Å². The molecular formula is C11H20N2. The van der Waals surface area contributed by atoms with E-state index in [0.29, 0.717) is 6.04 Å². The molecule has 0 amide bonds. The summed E-state index contributed by atoms with van der Waals surface area (Å²) in [7, 11) is 0. The van der Waals surface area contributed by atoms with Crippen LogP contribution in [0.2, 0.25) is 0 Å². The molecule has 0 aromatic carbocycles. The summed E-state index contributed by atoms with van der Waals surface area (Å²) in [6.07, 6.45) is 12.0. The van der Waals surface area contributed by atoms with Crippen LogP contribution < -0.4 is 11.1 Å². The van der Waals surface area contributed by atoms with Gasteiger partial charge >= 0.3 is 0 Å². The Hall–Kier alpha value is -0.340. The van der Waals surface area contributed by atoms with Crippen LogP contribution in [-0.2, 0) is 0 Å². The second kappa shape index (κ2) is 4.25. The molecule has 2 heteroatoms. The predicted octanol–water partition coefficient (Wildman–Crippen LogP) is 1.56. The highest BCUT2D eigenvalue weighted by molar-refractivity contribution is 4.99. The molecule has 2 aliphatic rings. The van der Waals surface area contributed by atoms with Gasteiger partial charge in [0.2, 0.25) is 0 Å². The summed E-state index contributed by atoms with van der Waals surface area (Å²) in [4.78, 5) is 0. The van der Waals surface area contributed by atoms with Crippen LogP contribution in [0.5, 0.6) is 0 Å². The molecule has 13 heavy (non-hydrogen) atoms. The second-order valence-corrected chi connectivity index (χ2v) is 4.42. The van der Waals surface area contributed by atoms with Crippen LogP contribution in [-0.4, -0.2) is 18.1 Å². The zero-order valence-electron chi connectivity index (χ0n) is 8.21. The molecule has 0 saturated heterocycles. The molecule has 0 unspecified atom stereocenters. The minimum atomic E-state index is 0.472. The van der Waals surface area contributed by atoms with Crippen LogP contribution in [0.15, 0.2) is 12.2 Å². The lowest BCUT2D eigenvalue weighted by Gasteiger charge is -2.29. The van der Waals surface area contributed by atoms with Gasteiger partial charge in [-0.05, 0) is 38.5 Å². The molecule has 0 heterocycles. The van der Waals surface area contributed by atoms with Gasteiger partial charge in [-0.2, -0.15) is 0 Å². The van der Waals surface area contributed by atoms with Crippen molar-refractivity contribution >= 4 is 0 Å². The van der Waals surface area contributed by atoms with Crippen LogP contribution in [0.4, 0.5) is 0 Å². The molecule has 2 nitrogen and oxygen atoms in total. The third-order valence-electron chi connectivity index (χ3n) is 3.25.